The van der Waals surface area contributed by atoms with Crippen LogP contribution in [0, 0.1) is 5.92 Å². The van der Waals surface area contributed by atoms with Gasteiger partial charge >= 0.3 is 6.03 Å². The first kappa shape index (κ1) is 17.0. The third-order valence-electron chi connectivity index (χ3n) is 5.76. The second-order valence-corrected chi connectivity index (χ2v) is 7.69. The molecule has 3 aromatic rings. The van der Waals surface area contributed by atoms with Gasteiger partial charge in [-0.3, -0.25) is 5.32 Å². The fourth-order valence-electron chi connectivity index (χ4n) is 4.46. The number of fused-ring (bicyclic) bond motifs is 3. The lowest BCUT2D eigenvalue weighted by Crippen LogP contribution is -2.63. The number of nitrogens with one attached hydrogen (secondary N) is 1. The zero-order valence-corrected chi connectivity index (χ0v) is 15.9. The van der Waals surface area contributed by atoms with Crippen molar-refractivity contribution in [1.82, 2.24) is 24.5 Å². The number of rotatable bonds is 3. The van der Waals surface area contributed by atoms with Gasteiger partial charge in [-0.25, -0.2) is 19.3 Å². The highest BCUT2D eigenvalue weighted by Gasteiger charge is 2.46. The lowest BCUT2D eigenvalue weighted by atomic mass is 9.74. The van der Waals surface area contributed by atoms with E-state index in [9.17, 15) is 4.79 Å². The summed E-state index contributed by atoms with van der Waals surface area (Å²) in [6, 6.07) is 6.23. The van der Waals surface area contributed by atoms with Crippen LogP contribution in [0.2, 0.25) is 0 Å². The van der Waals surface area contributed by atoms with Crippen LogP contribution in [0.4, 0.5) is 10.6 Å². The Kier molecular flexibility index (Phi) is 3.92. The number of carbonyl (C=O) groups is 1. The molecule has 0 saturated carbocycles. The van der Waals surface area contributed by atoms with Crippen molar-refractivity contribution in [2.75, 3.05) is 12.4 Å². The van der Waals surface area contributed by atoms with Crippen LogP contribution < -0.4 is 10.1 Å². The number of methoxy groups -OCH3 is 1. The number of nitrogens with zero attached hydrogens (tertiary/aromatic N) is 5. The quantitative estimate of drug-likeness (QED) is 0.756. The van der Waals surface area contributed by atoms with Gasteiger partial charge in [0.25, 0.3) is 0 Å². The van der Waals surface area contributed by atoms with Crippen molar-refractivity contribution in [3.05, 3.63) is 36.8 Å². The Morgan fingerprint density at radius 2 is 2.04 bits per heavy atom. The molecule has 3 aromatic heterocycles. The SMILES string of the molecule is COc1cnc(NC(=O)N2C3CC(C)CC2C3)cc1-c1ncc2cccn2n1. The molecule has 2 unspecified atom stereocenters. The molecule has 2 bridgehead atoms. The van der Waals surface area contributed by atoms with Gasteiger partial charge in [0.15, 0.2) is 5.82 Å². The first-order chi connectivity index (χ1) is 13.6. The van der Waals surface area contributed by atoms with E-state index in [0.29, 0.717) is 41.0 Å². The minimum atomic E-state index is -0.0847. The molecule has 0 radical (unpaired) electrons. The number of amides is 2. The summed E-state index contributed by atoms with van der Waals surface area (Å²) in [6.07, 6.45) is 8.48. The van der Waals surface area contributed by atoms with Crippen molar-refractivity contribution in [3.63, 3.8) is 0 Å². The van der Waals surface area contributed by atoms with Gasteiger partial charge < -0.3 is 9.64 Å². The standard InChI is InChI=1S/C20H22N6O2/c1-12-6-14-8-15(7-12)26(14)20(27)23-18-9-16(17(28-2)11-21-18)19-22-10-13-4-3-5-25(13)24-19/h3-5,9-12,14-15H,6-8H2,1-2H3,(H,21,23,27). The van der Waals surface area contributed by atoms with E-state index in [1.54, 1.807) is 30.1 Å². The first-order valence-corrected chi connectivity index (χ1v) is 9.56. The fourth-order valence-corrected chi connectivity index (χ4v) is 4.46. The first-order valence-electron chi connectivity index (χ1n) is 9.56. The van der Waals surface area contributed by atoms with Gasteiger partial charge in [0.05, 0.1) is 30.6 Å². The van der Waals surface area contributed by atoms with E-state index >= 15 is 0 Å². The van der Waals surface area contributed by atoms with Gasteiger partial charge in [0, 0.05) is 18.3 Å². The van der Waals surface area contributed by atoms with Gasteiger partial charge in [-0.05, 0) is 43.4 Å². The van der Waals surface area contributed by atoms with Crippen molar-refractivity contribution in [2.45, 2.75) is 38.3 Å². The zero-order valence-electron chi connectivity index (χ0n) is 15.9. The molecule has 2 fully saturated rings. The van der Waals surface area contributed by atoms with Crippen molar-refractivity contribution in [3.8, 4) is 17.1 Å². The highest BCUT2D eigenvalue weighted by molar-refractivity contribution is 5.90. The average Bonchev–Trinajstić information content (AvgIpc) is 3.15. The molecule has 2 atom stereocenters. The summed E-state index contributed by atoms with van der Waals surface area (Å²) in [5.41, 5.74) is 1.59. The molecule has 144 valence electrons. The normalized spacial score (nSPS) is 23.4. The predicted molar refractivity (Wildman–Crippen MR) is 104 cm³/mol. The van der Waals surface area contributed by atoms with Crippen molar-refractivity contribution in [1.29, 1.82) is 0 Å². The summed E-state index contributed by atoms with van der Waals surface area (Å²) in [5.74, 6) is 2.22. The van der Waals surface area contributed by atoms with Gasteiger partial charge in [-0.1, -0.05) is 6.92 Å². The zero-order chi connectivity index (χ0) is 19.3. The second kappa shape index (κ2) is 6.47. The molecule has 0 aromatic carbocycles. The van der Waals surface area contributed by atoms with Crippen LogP contribution in [0.3, 0.4) is 0 Å². The number of hydrogen-bond acceptors (Lipinski definition) is 5. The van der Waals surface area contributed by atoms with Crippen molar-refractivity contribution >= 4 is 17.4 Å². The van der Waals surface area contributed by atoms with Crippen LogP contribution in [-0.2, 0) is 0 Å². The molecule has 2 amide bonds. The van der Waals surface area contributed by atoms with Crippen molar-refractivity contribution in [2.24, 2.45) is 5.92 Å². The summed E-state index contributed by atoms with van der Waals surface area (Å²) in [6.45, 7) is 2.26. The minimum Gasteiger partial charge on any atom is -0.494 e. The number of urea groups is 1. The Hall–Kier alpha value is -3.16. The largest absolute Gasteiger partial charge is 0.494 e. The van der Waals surface area contributed by atoms with Crippen molar-refractivity contribution < 1.29 is 9.53 Å². The van der Waals surface area contributed by atoms with Crippen LogP contribution in [0.15, 0.2) is 36.8 Å². The fraction of sp³-hybridized carbons (Fsp3) is 0.400. The maximum Gasteiger partial charge on any atom is 0.323 e. The lowest BCUT2D eigenvalue weighted by molar-refractivity contribution is -0.00603. The van der Waals surface area contributed by atoms with E-state index in [1.165, 1.54) is 0 Å². The summed E-state index contributed by atoms with van der Waals surface area (Å²) in [4.78, 5) is 23.5. The molecule has 8 heteroatoms. The van der Waals surface area contributed by atoms with E-state index in [2.05, 4.69) is 27.3 Å². The maximum atomic E-state index is 12.8. The second-order valence-electron chi connectivity index (χ2n) is 7.69. The van der Waals surface area contributed by atoms with E-state index in [-0.39, 0.29) is 6.03 Å². The minimum absolute atomic E-state index is 0.0847. The molecule has 28 heavy (non-hydrogen) atoms. The molecule has 8 nitrogen and oxygen atoms in total. The number of piperidine rings is 1. The summed E-state index contributed by atoms with van der Waals surface area (Å²) < 4.78 is 7.18. The molecule has 0 spiro atoms. The molecular formula is C20H22N6O2. The van der Waals surface area contributed by atoms with E-state index in [4.69, 9.17) is 4.74 Å². The molecular weight excluding hydrogens is 356 g/mol. The van der Waals surface area contributed by atoms with E-state index in [1.807, 2.05) is 23.2 Å². The Morgan fingerprint density at radius 3 is 2.82 bits per heavy atom. The number of aromatic nitrogens is 4. The average molecular weight is 378 g/mol. The Labute approximate surface area is 162 Å². The van der Waals surface area contributed by atoms with Crippen LogP contribution in [0.5, 0.6) is 5.75 Å². The van der Waals surface area contributed by atoms with E-state index in [0.717, 1.165) is 24.8 Å². The summed E-state index contributed by atoms with van der Waals surface area (Å²) >= 11 is 0. The Balaban J connectivity index is 1.42. The van der Waals surface area contributed by atoms with Crippen LogP contribution in [0.25, 0.3) is 16.9 Å². The molecule has 0 aliphatic carbocycles. The van der Waals surface area contributed by atoms with Gasteiger partial charge in [-0.15, -0.1) is 5.10 Å². The molecule has 2 aliphatic rings. The number of hydrogen-bond donors (Lipinski definition) is 1. The third-order valence-corrected chi connectivity index (χ3v) is 5.76. The number of anilines is 1. The number of carbonyl (C=O) groups excluding carboxylic acids is 1. The molecule has 1 N–H and O–H groups in total. The number of pyridine rings is 1. The van der Waals surface area contributed by atoms with Crippen LogP contribution >= 0.6 is 0 Å². The molecule has 5 heterocycles. The van der Waals surface area contributed by atoms with Crippen LogP contribution in [0.1, 0.15) is 26.2 Å². The molecule has 2 saturated heterocycles. The highest BCUT2D eigenvalue weighted by atomic mass is 16.5. The van der Waals surface area contributed by atoms with Gasteiger partial charge in [0.2, 0.25) is 0 Å². The maximum absolute atomic E-state index is 12.8. The topological polar surface area (TPSA) is 84.6 Å². The monoisotopic (exact) mass is 378 g/mol. The van der Waals surface area contributed by atoms with E-state index < -0.39 is 0 Å². The summed E-state index contributed by atoms with van der Waals surface area (Å²) in [5, 5.41) is 7.47. The summed E-state index contributed by atoms with van der Waals surface area (Å²) in [7, 11) is 1.58. The number of ether oxygens (including phenoxy) is 1. The highest BCUT2D eigenvalue weighted by Crippen LogP contribution is 2.41. The van der Waals surface area contributed by atoms with Gasteiger partial charge in [0.1, 0.15) is 11.6 Å². The molecule has 2 aliphatic heterocycles. The lowest BCUT2D eigenvalue weighted by Gasteiger charge is -2.54. The smallest absolute Gasteiger partial charge is 0.323 e. The Bertz CT molecular complexity index is 1040. The van der Waals surface area contributed by atoms with Crippen LogP contribution in [-0.4, -0.2) is 49.7 Å². The molecule has 5 rings (SSSR count). The Morgan fingerprint density at radius 1 is 1.21 bits per heavy atom. The van der Waals surface area contributed by atoms with Gasteiger partial charge in [-0.2, -0.15) is 0 Å². The third kappa shape index (κ3) is 2.76. The predicted octanol–water partition coefficient (Wildman–Crippen LogP) is 3.20.